The van der Waals surface area contributed by atoms with Crippen LogP contribution in [0.1, 0.15) is 5.56 Å². The number of hydrazone groups is 1. The van der Waals surface area contributed by atoms with Crippen molar-refractivity contribution >= 4 is 24.4 Å². The topological polar surface area (TPSA) is 109 Å². The molecule has 0 aliphatic carbocycles. The summed E-state index contributed by atoms with van der Waals surface area (Å²) in [5.74, 6) is 0.291. The molecule has 0 unspecified atom stereocenters. The monoisotopic (exact) mass is 251 g/mol. The second kappa shape index (κ2) is 4.66. The van der Waals surface area contributed by atoms with Crippen molar-refractivity contribution in [3.8, 4) is 11.5 Å². The van der Waals surface area contributed by atoms with Gasteiger partial charge in [0, 0.05) is 11.6 Å². The molecule has 0 amide bonds. The smallest absolute Gasteiger partial charge is 0.238 e. The fourth-order valence-corrected chi connectivity index (χ4v) is 1.27. The van der Waals surface area contributed by atoms with Gasteiger partial charge in [-0.05, 0) is 24.4 Å². The molecule has 0 atom stereocenters. The predicted octanol–water partition coefficient (Wildman–Crippen LogP) is 1.32. The zero-order valence-electron chi connectivity index (χ0n) is 8.51. The first-order valence-electron chi connectivity index (χ1n) is 4.61. The maximum Gasteiger partial charge on any atom is 0.238 e. The molecule has 2 aromatic rings. The number of benzene rings is 1. The second-order valence-electron chi connectivity index (χ2n) is 3.13. The first kappa shape index (κ1) is 11.1. The number of nitrogens with one attached hydrogen (secondary N) is 3. The van der Waals surface area contributed by atoms with Gasteiger partial charge < -0.3 is 10.2 Å². The lowest BCUT2D eigenvalue weighted by atomic mass is 10.2. The Hall–Kier alpha value is -2.35. The zero-order chi connectivity index (χ0) is 12.3. The van der Waals surface area contributed by atoms with E-state index in [0.717, 1.165) is 0 Å². The molecule has 7 nitrogen and oxygen atoms in total. The van der Waals surface area contributed by atoms with Gasteiger partial charge in [0.05, 0.1) is 6.21 Å². The van der Waals surface area contributed by atoms with Gasteiger partial charge in [-0.1, -0.05) is 0 Å². The first-order valence-corrected chi connectivity index (χ1v) is 5.02. The van der Waals surface area contributed by atoms with Crippen molar-refractivity contribution < 1.29 is 10.2 Å². The fraction of sp³-hybridized carbons (Fsp3) is 0. The molecule has 1 aromatic heterocycles. The Morgan fingerprint density at radius 3 is 2.82 bits per heavy atom. The van der Waals surface area contributed by atoms with Crippen molar-refractivity contribution in [2.45, 2.75) is 0 Å². The summed E-state index contributed by atoms with van der Waals surface area (Å²) in [7, 11) is 0. The number of phenols is 2. The number of aromatic amines is 2. The highest BCUT2D eigenvalue weighted by Crippen LogP contribution is 2.20. The van der Waals surface area contributed by atoms with Gasteiger partial charge in [-0.15, -0.1) is 0 Å². The molecule has 5 N–H and O–H groups in total. The molecular formula is C9H9N5O2S. The number of hydrogen-bond donors (Lipinski definition) is 5. The standard InChI is InChI=1S/C9H9N5O2S/c15-6-2-1-5(7(16)3-6)4-10-12-8-11-9(17)14-13-8/h1-4,15-16H,(H3,11,12,13,14,17)/b10-4+. The average molecular weight is 251 g/mol. The molecule has 0 saturated heterocycles. The van der Waals surface area contributed by atoms with Gasteiger partial charge in [0.2, 0.25) is 10.7 Å². The van der Waals surface area contributed by atoms with E-state index in [1.54, 1.807) is 0 Å². The number of aromatic hydroxyl groups is 2. The molecule has 0 fully saturated rings. The van der Waals surface area contributed by atoms with E-state index < -0.39 is 0 Å². The molecular weight excluding hydrogens is 242 g/mol. The maximum atomic E-state index is 9.47. The summed E-state index contributed by atoms with van der Waals surface area (Å²) in [5.41, 5.74) is 3.05. The van der Waals surface area contributed by atoms with Crippen LogP contribution in [-0.4, -0.2) is 31.6 Å². The van der Waals surface area contributed by atoms with E-state index >= 15 is 0 Å². The number of aromatic nitrogens is 3. The van der Waals surface area contributed by atoms with Crippen LogP contribution in [0.5, 0.6) is 11.5 Å². The van der Waals surface area contributed by atoms with Crippen molar-refractivity contribution in [1.82, 2.24) is 15.2 Å². The van der Waals surface area contributed by atoms with Gasteiger partial charge in [-0.3, -0.25) is 10.2 Å². The molecule has 0 saturated carbocycles. The van der Waals surface area contributed by atoms with E-state index in [1.807, 2.05) is 0 Å². The van der Waals surface area contributed by atoms with E-state index in [9.17, 15) is 5.11 Å². The van der Waals surface area contributed by atoms with E-state index in [2.05, 4.69) is 25.7 Å². The van der Waals surface area contributed by atoms with Gasteiger partial charge in [0.25, 0.3) is 0 Å². The van der Waals surface area contributed by atoms with Crippen LogP contribution < -0.4 is 5.43 Å². The normalized spacial score (nSPS) is 10.8. The third-order valence-electron chi connectivity index (χ3n) is 1.89. The minimum Gasteiger partial charge on any atom is -0.508 e. The lowest BCUT2D eigenvalue weighted by Gasteiger charge is -1.98. The van der Waals surface area contributed by atoms with Gasteiger partial charge >= 0.3 is 0 Å². The van der Waals surface area contributed by atoms with E-state index in [-0.39, 0.29) is 11.5 Å². The van der Waals surface area contributed by atoms with E-state index in [0.29, 0.717) is 16.3 Å². The quantitative estimate of drug-likeness (QED) is 0.321. The lowest BCUT2D eigenvalue weighted by molar-refractivity contribution is 0.450. The first-order chi connectivity index (χ1) is 8.15. The maximum absolute atomic E-state index is 9.47. The summed E-state index contributed by atoms with van der Waals surface area (Å²) in [5, 5.41) is 27.6. The van der Waals surface area contributed by atoms with Crippen molar-refractivity contribution in [3.63, 3.8) is 0 Å². The van der Waals surface area contributed by atoms with Gasteiger partial charge in [-0.2, -0.15) is 10.1 Å². The number of hydrogen-bond acceptors (Lipinski definition) is 6. The number of rotatable bonds is 3. The van der Waals surface area contributed by atoms with Crippen molar-refractivity contribution in [1.29, 1.82) is 0 Å². The highest BCUT2D eigenvalue weighted by molar-refractivity contribution is 7.71. The van der Waals surface area contributed by atoms with Crippen LogP contribution in [0.15, 0.2) is 23.3 Å². The molecule has 0 aliphatic heterocycles. The molecule has 0 bridgehead atoms. The minimum absolute atomic E-state index is 0.0102. The fourth-order valence-electron chi connectivity index (χ4n) is 1.13. The molecule has 0 radical (unpaired) electrons. The van der Waals surface area contributed by atoms with Crippen LogP contribution in [0.2, 0.25) is 0 Å². The summed E-state index contributed by atoms with van der Waals surface area (Å²) < 4.78 is 0.315. The molecule has 1 aromatic carbocycles. The van der Waals surface area contributed by atoms with Crippen LogP contribution in [0.3, 0.4) is 0 Å². The van der Waals surface area contributed by atoms with Gasteiger partial charge in [-0.25, -0.2) is 5.43 Å². The zero-order valence-corrected chi connectivity index (χ0v) is 9.32. The van der Waals surface area contributed by atoms with Crippen molar-refractivity contribution in [3.05, 3.63) is 28.5 Å². The van der Waals surface area contributed by atoms with Gasteiger partial charge in [0.15, 0.2) is 0 Å². The third kappa shape index (κ3) is 2.82. The summed E-state index contributed by atoms with van der Waals surface area (Å²) >= 11 is 4.75. The number of anilines is 1. The lowest BCUT2D eigenvalue weighted by Crippen LogP contribution is -1.92. The number of H-pyrrole nitrogens is 2. The van der Waals surface area contributed by atoms with Crippen LogP contribution in [0, 0.1) is 4.77 Å². The van der Waals surface area contributed by atoms with Crippen LogP contribution >= 0.6 is 12.2 Å². The van der Waals surface area contributed by atoms with Crippen molar-refractivity contribution in [2.75, 3.05) is 5.43 Å². The average Bonchev–Trinajstić information content (AvgIpc) is 2.68. The Morgan fingerprint density at radius 2 is 2.18 bits per heavy atom. The Labute approximate surface area is 101 Å². The molecule has 8 heteroatoms. The number of nitrogens with zero attached hydrogens (tertiary/aromatic N) is 2. The molecule has 88 valence electrons. The molecule has 0 aliphatic rings. The Bertz CT molecular complexity index is 603. The third-order valence-corrected chi connectivity index (χ3v) is 2.08. The highest BCUT2D eigenvalue weighted by atomic mass is 32.1. The molecule has 0 spiro atoms. The largest absolute Gasteiger partial charge is 0.508 e. The minimum atomic E-state index is -0.0643. The van der Waals surface area contributed by atoms with E-state index in [1.165, 1.54) is 24.4 Å². The Kier molecular flexibility index (Phi) is 3.06. The van der Waals surface area contributed by atoms with E-state index in [4.69, 9.17) is 17.3 Å². The second-order valence-corrected chi connectivity index (χ2v) is 3.52. The van der Waals surface area contributed by atoms with Gasteiger partial charge in [0.1, 0.15) is 11.5 Å². The summed E-state index contributed by atoms with van der Waals surface area (Å²) in [6, 6.07) is 4.20. The molecule has 1 heterocycles. The molecule has 17 heavy (non-hydrogen) atoms. The molecule has 2 rings (SSSR count). The van der Waals surface area contributed by atoms with Crippen LogP contribution in [0.25, 0.3) is 0 Å². The SMILES string of the molecule is Oc1ccc(/C=N/Nc2nc(=S)[nH][nH]2)c(O)c1. The summed E-state index contributed by atoms with van der Waals surface area (Å²) in [6.07, 6.45) is 1.39. The highest BCUT2D eigenvalue weighted by Gasteiger charge is 1.99. The van der Waals surface area contributed by atoms with Crippen molar-refractivity contribution in [2.24, 2.45) is 5.10 Å². The summed E-state index contributed by atoms with van der Waals surface area (Å²) in [6.45, 7) is 0. The van der Waals surface area contributed by atoms with Crippen LogP contribution in [-0.2, 0) is 0 Å². The predicted molar refractivity (Wildman–Crippen MR) is 64.8 cm³/mol. The van der Waals surface area contributed by atoms with Crippen LogP contribution in [0.4, 0.5) is 5.95 Å². The summed E-state index contributed by atoms with van der Waals surface area (Å²) in [4.78, 5) is 3.85. The number of phenolic OH excluding ortho intramolecular Hbond substituents is 2. The Morgan fingerprint density at radius 1 is 1.35 bits per heavy atom. The Balaban J connectivity index is 2.08.